The highest BCUT2D eigenvalue weighted by Gasteiger charge is 2.31. The van der Waals surface area contributed by atoms with Crippen LogP contribution in [0.2, 0.25) is 0 Å². The summed E-state index contributed by atoms with van der Waals surface area (Å²) in [6, 6.07) is 8.04. The lowest BCUT2D eigenvalue weighted by Crippen LogP contribution is -2.33. The molecule has 5 heteroatoms. The van der Waals surface area contributed by atoms with E-state index >= 15 is 0 Å². The quantitative estimate of drug-likeness (QED) is 0.815. The molecule has 5 nitrogen and oxygen atoms in total. The summed E-state index contributed by atoms with van der Waals surface area (Å²) in [6.07, 6.45) is 1.03. The number of nitrogens with one attached hydrogen (secondary N) is 1. The van der Waals surface area contributed by atoms with Crippen molar-refractivity contribution in [2.24, 2.45) is 11.8 Å². The van der Waals surface area contributed by atoms with Crippen LogP contribution in [0.25, 0.3) is 11.0 Å². The van der Waals surface area contributed by atoms with Gasteiger partial charge in [-0.2, -0.15) is 0 Å². The van der Waals surface area contributed by atoms with Gasteiger partial charge in [-0.15, -0.1) is 0 Å². The van der Waals surface area contributed by atoms with E-state index in [-0.39, 0.29) is 12.5 Å². The SMILES string of the molecule is CC(C)Cc1cccc2oc(CO[C@H](C(=O)O)[C@@H]3CCNC3)cc12. The fraction of sp³-hybridized carbons (Fsp3) is 0.526. The first-order valence-corrected chi connectivity index (χ1v) is 8.60. The third kappa shape index (κ3) is 3.79. The molecule has 1 aliphatic heterocycles. The summed E-state index contributed by atoms with van der Waals surface area (Å²) in [5, 5.41) is 13.7. The second-order valence-corrected chi connectivity index (χ2v) is 6.96. The van der Waals surface area contributed by atoms with E-state index in [0.29, 0.717) is 18.2 Å². The third-order valence-electron chi connectivity index (χ3n) is 4.51. The Balaban J connectivity index is 1.73. The van der Waals surface area contributed by atoms with Gasteiger partial charge in [-0.1, -0.05) is 26.0 Å². The van der Waals surface area contributed by atoms with Crippen LogP contribution in [-0.2, 0) is 22.6 Å². The van der Waals surface area contributed by atoms with Gasteiger partial charge in [0, 0.05) is 17.8 Å². The molecule has 2 atom stereocenters. The first-order valence-electron chi connectivity index (χ1n) is 8.60. The zero-order chi connectivity index (χ0) is 17.1. The molecule has 0 unspecified atom stereocenters. The van der Waals surface area contributed by atoms with Crippen molar-refractivity contribution in [1.29, 1.82) is 0 Å². The Morgan fingerprint density at radius 3 is 2.96 bits per heavy atom. The number of ether oxygens (including phenoxy) is 1. The number of carbonyl (C=O) groups is 1. The lowest BCUT2D eigenvalue weighted by Gasteiger charge is -2.18. The van der Waals surface area contributed by atoms with Crippen LogP contribution >= 0.6 is 0 Å². The van der Waals surface area contributed by atoms with Crippen LogP contribution in [0.3, 0.4) is 0 Å². The normalized spacial score (nSPS) is 19.2. The summed E-state index contributed by atoms with van der Waals surface area (Å²) in [5.74, 6) is 0.360. The summed E-state index contributed by atoms with van der Waals surface area (Å²) < 4.78 is 11.5. The molecular weight excluding hydrogens is 306 g/mol. The number of carboxylic acids is 1. The maximum atomic E-state index is 11.5. The first-order chi connectivity index (χ1) is 11.5. The number of hydrogen-bond donors (Lipinski definition) is 2. The third-order valence-corrected chi connectivity index (χ3v) is 4.51. The van der Waals surface area contributed by atoms with Crippen LogP contribution in [0.15, 0.2) is 28.7 Å². The lowest BCUT2D eigenvalue weighted by molar-refractivity contribution is -0.155. The molecule has 0 saturated carbocycles. The number of benzene rings is 1. The predicted octanol–water partition coefficient (Wildman–Crippen LogP) is 3.21. The molecule has 3 rings (SSSR count). The maximum Gasteiger partial charge on any atom is 0.333 e. The van der Waals surface area contributed by atoms with E-state index in [2.05, 4.69) is 25.2 Å². The van der Waals surface area contributed by atoms with Crippen LogP contribution < -0.4 is 5.32 Å². The van der Waals surface area contributed by atoms with Gasteiger partial charge in [0.1, 0.15) is 18.0 Å². The molecule has 0 aliphatic carbocycles. The molecule has 130 valence electrons. The summed E-state index contributed by atoms with van der Waals surface area (Å²) >= 11 is 0. The summed E-state index contributed by atoms with van der Waals surface area (Å²) in [6.45, 7) is 6.10. The fourth-order valence-electron chi connectivity index (χ4n) is 3.38. The van der Waals surface area contributed by atoms with Crippen LogP contribution in [-0.4, -0.2) is 30.3 Å². The van der Waals surface area contributed by atoms with Gasteiger partial charge in [0.25, 0.3) is 0 Å². The molecule has 0 spiro atoms. The zero-order valence-corrected chi connectivity index (χ0v) is 14.2. The zero-order valence-electron chi connectivity index (χ0n) is 14.2. The van der Waals surface area contributed by atoms with E-state index in [1.165, 1.54) is 5.56 Å². The number of fused-ring (bicyclic) bond motifs is 1. The number of carboxylic acid groups (broad SMARTS) is 1. The molecule has 0 amide bonds. The standard InChI is InChI=1S/C19H25NO4/c1-12(2)8-13-4-3-5-17-16(13)9-15(24-17)11-23-18(19(21)22)14-6-7-20-10-14/h3-5,9,12,14,18,20H,6-8,10-11H2,1-2H3,(H,21,22)/t14-,18+/m1/s1. The van der Waals surface area contributed by atoms with Crippen LogP contribution in [0.1, 0.15) is 31.6 Å². The minimum absolute atomic E-state index is 0.0170. The van der Waals surface area contributed by atoms with Gasteiger partial charge in [-0.25, -0.2) is 4.79 Å². The summed E-state index contributed by atoms with van der Waals surface area (Å²) in [4.78, 5) is 11.5. The predicted molar refractivity (Wildman–Crippen MR) is 91.9 cm³/mol. The van der Waals surface area contributed by atoms with E-state index in [4.69, 9.17) is 9.15 Å². The highest BCUT2D eigenvalue weighted by Crippen LogP contribution is 2.26. The molecule has 2 aromatic rings. The van der Waals surface area contributed by atoms with Gasteiger partial charge in [0.15, 0.2) is 6.10 Å². The van der Waals surface area contributed by atoms with Crippen molar-refractivity contribution in [3.8, 4) is 0 Å². The smallest absolute Gasteiger partial charge is 0.333 e. The molecule has 2 heterocycles. The fourth-order valence-corrected chi connectivity index (χ4v) is 3.38. The van der Waals surface area contributed by atoms with E-state index in [1.54, 1.807) is 0 Å². The average molecular weight is 331 g/mol. The Hall–Kier alpha value is -1.85. The molecule has 1 fully saturated rings. The first kappa shape index (κ1) is 17.0. The van der Waals surface area contributed by atoms with Crippen molar-refractivity contribution in [3.05, 3.63) is 35.6 Å². The van der Waals surface area contributed by atoms with Gasteiger partial charge < -0.3 is 19.6 Å². The lowest BCUT2D eigenvalue weighted by atomic mass is 10.00. The molecule has 24 heavy (non-hydrogen) atoms. The number of hydrogen-bond acceptors (Lipinski definition) is 4. The van der Waals surface area contributed by atoms with Gasteiger partial charge in [0.2, 0.25) is 0 Å². The van der Waals surface area contributed by atoms with Gasteiger partial charge in [-0.3, -0.25) is 0 Å². The second kappa shape index (κ2) is 7.36. The molecule has 1 aromatic heterocycles. The molecular formula is C19H25NO4. The van der Waals surface area contributed by atoms with Crippen LogP contribution in [0, 0.1) is 11.8 Å². The second-order valence-electron chi connectivity index (χ2n) is 6.96. The Morgan fingerprint density at radius 2 is 2.29 bits per heavy atom. The van der Waals surface area contributed by atoms with Crippen molar-refractivity contribution in [3.63, 3.8) is 0 Å². The molecule has 0 bridgehead atoms. The topological polar surface area (TPSA) is 71.7 Å². The molecule has 1 saturated heterocycles. The highest BCUT2D eigenvalue weighted by atomic mass is 16.5. The number of aliphatic carboxylic acids is 1. The van der Waals surface area contributed by atoms with Crippen LogP contribution in [0.4, 0.5) is 0 Å². The van der Waals surface area contributed by atoms with Crippen molar-refractivity contribution < 1.29 is 19.1 Å². The minimum Gasteiger partial charge on any atom is -0.479 e. The Morgan fingerprint density at radius 1 is 1.46 bits per heavy atom. The Bertz CT molecular complexity index is 700. The van der Waals surface area contributed by atoms with Gasteiger partial charge >= 0.3 is 5.97 Å². The van der Waals surface area contributed by atoms with E-state index in [1.807, 2.05) is 18.2 Å². The summed E-state index contributed by atoms with van der Waals surface area (Å²) in [5.41, 5.74) is 2.09. The van der Waals surface area contributed by atoms with Crippen molar-refractivity contribution in [1.82, 2.24) is 5.32 Å². The number of furan rings is 1. The largest absolute Gasteiger partial charge is 0.479 e. The number of rotatable bonds is 7. The minimum atomic E-state index is -0.902. The van der Waals surface area contributed by atoms with E-state index < -0.39 is 12.1 Å². The Labute approximate surface area is 142 Å². The monoisotopic (exact) mass is 331 g/mol. The molecule has 0 radical (unpaired) electrons. The molecule has 1 aromatic carbocycles. The van der Waals surface area contributed by atoms with Crippen LogP contribution in [0.5, 0.6) is 0 Å². The summed E-state index contributed by atoms with van der Waals surface area (Å²) in [7, 11) is 0. The van der Waals surface area contributed by atoms with Crippen molar-refractivity contribution in [2.75, 3.05) is 13.1 Å². The van der Waals surface area contributed by atoms with Crippen molar-refractivity contribution in [2.45, 2.75) is 39.4 Å². The maximum absolute atomic E-state index is 11.5. The van der Waals surface area contributed by atoms with Crippen molar-refractivity contribution >= 4 is 16.9 Å². The highest BCUT2D eigenvalue weighted by molar-refractivity contribution is 5.81. The van der Waals surface area contributed by atoms with Gasteiger partial charge in [0.05, 0.1) is 0 Å². The van der Waals surface area contributed by atoms with E-state index in [9.17, 15) is 9.90 Å². The molecule has 2 N–H and O–H groups in total. The Kier molecular flexibility index (Phi) is 5.21. The molecule has 1 aliphatic rings. The average Bonchev–Trinajstić information content (AvgIpc) is 3.16. The van der Waals surface area contributed by atoms with Gasteiger partial charge in [-0.05, 0) is 43.0 Å². The van der Waals surface area contributed by atoms with E-state index in [0.717, 1.165) is 30.4 Å².